The fraction of sp³-hybridized carbons (Fsp3) is 0.562. The zero-order valence-corrected chi connectivity index (χ0v) is 13.4. The van der Waals surface area contributed by atoms with Crippen molar-refractivity contribution < 1.29 is 9.53 Å². The predicted octanol–water partition coefficient (Wildman–Crippen LogP) is 3.32. The lowest BCUT2D eigenvalue weighted by Crippen LogP contribution is -2.40. The van der Waals surface area contributed by atoms with Crippen LogP contribution in [-0.4, -0.2) is 31.7 Å². The van der Waals surface area contributed by atoms with Crippen molar-refractivity contribution in [3.8, 4) is 0 Å². The van der Waals surface area contributed by atoms with Crippen molar-refractivity contribution in [2.45, 2.75) is 32.7 Å². The second-order valence-corrected chi connectivity index (χ2v) is 5.87. The SMILES string of the molecule is CCNc1ccc(Cl)cc1C(=O)NC(C)C1CCOCC1. The Balaban J connectivity index is 2.06. The van der Waals surface area contributed by atoms with Crippen molar-refractivity contribution in [2.24, 2.45) is 5.92 Å². The Kier molecular flexibility index (Phi) is 5.88. The maximum atomic E-state index is 12.5. The van der Waals surface area contributed by atoms with Gasteiger partial charge in [0.25, 0.3) is 5.91 Å². The van der Waals surface area contributed by atoms with Crippen molar-refractivity contribution in [1.82, 2.24) is 5.32 Å². The molecule has 1 unspecified atom stereocenters. The Bertz CT molecular complexity index is 487. The third kappa shape index (κ3) is 4.35. The molecule has 1 aromatic rings. The molecule has 1 saturated heterocycles. The van der Waals surface area contributed by atoms with Crippen molar-refractivity contribution >= 4 is 23.2 Å². The summed E-state index contributed by atoms with van der Waals surface area (Å²) in [6.45, 7) is 6.39. The van der Waals surface area contributed by atoms with Crippen LogP contribution in [0.15, 0.2) is 18.2 Å². The van der Waals surface area contributed by atoms with E-state index in [0.29, 0.717) is 16.5 Å². The van der Waals surface area contributed by atoms with E-state index in [0.717, 1.165) is 38.3 Å². The highest BCUT2D eigenvalue weighted by Crippen LogP contribution is 2.22. The van der Waals surface area contributed by atoms with E-state index >= 15 is 0 Å². The molecule has 1 aromatic carbocycles. The number of nitrogens with one attached hydrogen (secondary N) is 2. The van der Waals surface area contributed by atoms with Crippen molar-refractivity contribution in [3.63, 3.8) is 0 Å². The molecule has 0 saturated carbocycles. The Labute approximate surface area is 131 Å². The molecule has 1 fully saturated rings. The van der Waals surface area contributed by atoms with E-state index in [2.05, 4.69) is 17.6 Å². The Hall–Kier alpha value is -1.26. The first-order chi connectivity index (χ1) is 10.1. The van der Waals surface area contributed by atoms with Gasteiger partial charge in [0, 0.05) is 36.5 Å². The van der Waals surface area contributed by atoms with Gasteiger partial charge in [0.05, 0.1) is 5.56 Å². The second-order valence-electron chi connectivity index (χ2n) is 5.43. The van der Waals surface area contributed by atoms with E-state index in [9.17, 15) is 4.79 Å². The van der Waals surface area contributed by atoms with Crippen LogP contribution in [0.1, 0.15) is 37.0 Å². The zero-order chi connectivity index (χ0) is 15.2. The molecule has 1 aliphatic rings. The van der Waals surface area contributed by atoms with Gasteiger partial charge in [-0.2, -0.15) is 0 Å². The minimum absolute atomic E-state index is 0.0764. The first-order valence-corrected chi connectivity index (χ1v) is 7.91. The summed E-state index contributed by atoms with van der Waals surface area (Å²) in [7, 11) is 0. The number of amides is 1. The summed E-state index contributed by atoms with van der Waals surface area (Å²) in [5, 5.41) is 6.87. The molecule has 0 bridgehead atoms. The number of carbonyl (C=O) groups excluding carboxylic acids is 1. The van der Waals surface area contributed by atoms with Crippen LogP contribution in [0.4, 0.5) is 5.69 Å². The van der Waals surface area contributed by atoms with Gasteiger partial charge in [0.1, 0.15) is 0 Å². The lowest BCUT2D eigenvalue weighted by molar-refractivity contribution is 0.0538. The lowest BCUT2D eigenvalue weighted by atomic mass is 9.92. The van der Waals surface area contributed by atoms with Gasteiger partial charge < -0.3 is 15.4 Å². The summed E-state index contributed by atoms with van der Waals surface area (Å²) in [6, 6.07) is 5.48. The third-order valence-electron chi connectivity index (χ3n) is 3.93. The van der Waals surface area contributed by atoms with E-state index in [1.54, 1.807) is 12.1 Å². The molecule has 0 spiro atoms. The van der Waals surface area contributed by atoms with Crippen molar-refractivity contribution in [2.75, 3.05) is 25.1 Å². The number of hydrogen-bond acceptors (Lipinski definition) is 3. The van der Waals surface area contributed by atoms with Crippen LogP contribution in [0, 0.1) is 5.92 Å². The summed E-state index contributed by atoms with van der Waals surface area (Å²) in [5.41, 5.74) is 1.42. The van der Waals surface area contributed by atoms with Gasteiger partial charge in [-0.3, -0.25) is 4.79 Å². The average Bonchev–Trinajstić information content (AvgIpc) is 2.50. The smallest absolute Gasteiger partial charge is 0.253 e. The molecular formula is C16H23ClN2O2. The number of ether oxygens (including phenoxy) is 1. The minimum atomic E-state index is -0.0764. The summed E-state index contributed by atoms with van der Waals surface area (Å²) < 4.78 is 5.37. The highest BCUT2D eigenvalue weighted by Gasteiger charge is 2.23. The molecule has 116 valence electrons. The van der Waals surface area contributed by atoms with Gasteiger partial charge in [0.15, 0.2) is 0 Å². The van der Waals surface area contributed by atoms with Crippen LogP contribution < -0.4 is 10.6 Å². The van der Waals surface area contributed by atoms with Crippen molar-refractivity contribution in [3.05, 3.63) is 28.8 Å². The van der Waals surface area contributed by atoms with Crippen molar-refractivity contribution in [1.29, 1.82) is 0 Å². The van der Waals surface area contributed by atoms with Crippen LogP contribution in [0.3, 0.4) is 0 Å². The number of anilines is 1. The third-order valence-corrected chi connectivity index (χ3v) is 4.16. The molecule has 2 N–H and O–H groups in total. The molecule has 0 radical (unpaired) electrons. The Morgan fingerprint density at radius 2 is 2.14 bits per heavy atom. The Morgan fingerprint density at radius 3 is 2.81 bits per heavy atom. The molecule has 21 heavy (non-hydrogen) atoms. The largest absolute Gasteiger partial charge is 0.385 e. The highest BCUT2D eigenvalue weighted by atomic mass is 35.5. The van der Waals surface area contributed by atoms with E-state index in [-0.39, 0.29) is 11.9 Å². The molecular weight excluding hydrogens is 288 g/mol. The fourth-order valence-corrected chi connectivity index (χ4v) is 2.84. The number of benzene rings is 1. The molecule has 0 aliphatic carbocycles. The molecule has 1 atom stereocenters. The van der Waals surface area contributed by atoms with Crippen LogP contribution in [0.25, 0.3) is 0 Å². The standard InChI is InChI=1S/C16H23ClN2O2/c1-3-18-15-5-4-13(17)10-14(15)16(20)19-11(2)12-6-8-21-9-7-12/h4-5,10-12,18H,3,6-9H2,1-2H3,(H,19,20). The maximum absolute atomic E-state index is 12.5. The van der Waals surface area contributed by atoms with Crippen LogP contribution in [-0.2, 0) is 4.74 Å². The van der Waals surface area contributed by atoms with Gasteiger partial charge in [-0.1, -0.05) is 11.6 Å². The van der Waals surface area contributed by atoms with E-state index < -0.39 is 0 Å². The van der Waals surface area contributed by atoms with E-state index in [1.165, 1.54) is 0 Å². The molecule has 4 nitrogen and oxygen atoms in total. The van der Waals surface area contributed by atoms with Crippen LogP contribution in [0.2, 0.25) is 5.02 Å². The first kappa shape index (κ1) is 16.1. The normalized spacial score (nSPS) is 17.3. The molecule has 1 aliphatic heterocycles. The average molecular weight is 311 g/mol. The molecule has 1 heterocycles. The Morgan fingerprint density at radius 1 is 1.43 bits per heavy atom. The fourth-order valence-electron chi connectivity index (χ4n) is 2.67. The van der Waals surface area contributed by atoms with E-state index in [4.69, 9.17) is 16.3 Å². The first-order valence-electron chi connectivity index (χ1n) is 7.54. The molecule has 5 heteroatoms. The number of rotatable bonds is 5. The summed E-state index contributed by atoms with van der Waals surface area (Å²) in [6.07, 6.45) is 1.99. The topological polar surface area (TPSA) is 50.4 Å². The molecule has 2 rings (SSSR count). The number of hydrogen-bond donors (Lipinski definition) is 2. The maximum Gasteiger partial charge on any atom is 0.253 e. The number of carbonyl (C=O) groups is 1. The summed E-state index contributed by atoms with van der Waals surface area (Å²) in [5.74, 6) is 0.400. The number of halogens is 1. The van der Waals surface area contributed by atoms with Gasteiger partial charge in [-0.15, -0.1) is 0 Å². The monoisotopic (exact) mass is 310 g/mol. The van der Waals surface area contributed by atoms with Gasteiger partial charge >= 0.3 is 0 Å². The second kappa shape index (κ2) is 7.66. The highest BCUT2D eigenvalue weighted by molar-refractivity contribution is 6.31. The van der Waals surface area contributed by atoms with Gasteiger partial charge in [0.2, 0.25) is 0 Å². The summed E-state index contributed by atoms with van der Waals surface area (Å²) >= 11 is 6.02. The van der Waals surface area contributed by atoms with Gasteiger partial charge in [-0.25, -0.2) is 0 Å². The minimum Gasteiger partial charge on any atom is -0.385 e. The quantitative estimate of drug-likeness (QED) is 0.877. The zero-order valence-electron chi connectivity index (χ0n) is 12.6. The molecule has 1 amide bonds. The van der Waals surface area contributed by atoms with Crippen LogP contribution in [0.5, 0.6) is 0 Å². The predicted molar refractivity (Wildman–Crippen MR) is 86.1 cm³/mol. The van der Waals surface area contributed by atoms with Crippen LogP contribution >= 0.6 is 11.6 Å². The van der Waals surface area contributed by atoms with Gasteiger partial charge in [-0.05, 0) is 50.8 Å². The molecule has 0 aromatic heterocycles. The lowest BCUT2D eigenvalue weighted by Gasteiger charge is -2.28. The van der Waals surface area contributed by atoms with E-state index in [1.807, 2.05) is 13.0 Å². The summed E-state index contributed by atoms with van der Waals surface area (Å²) in [4.78, 5) is 12.5.